The number of nitrogens with one attached hydrogen (secondary N) is 1. The van der Waals surface area contributed by atoms with E-state index in [9.17, 15) is 9.59 Å². The van der Waals surface area contributed by atoms with Gasteiger partial charge >= 0.3 is 0 Å². The molecule has 0 saturated heterocycles. The van der Waals surface area contributed by atoms with Crippen molar-refractivity contribution >= 4 is 33.0 Å². The first-order chi connectivity index (χ1) is 13.4. The van der Waals surface area contributed by atoms with Crippen LogP contribution < -0.4 is 10.9 Å². The van der Waals surface area contributed by atoms with E-state index in [-0.39, 0.29) is 24.1 Å². The van der Waals surface area contributed by atoms with E-state index in [0.717, 1.165) is 28.9 Å². The molecule has 3 heterocycles. The highest BCUT2D eigenvalue weighted by atomic mass is 32.1. The Kier molecular flexibility index (Phi) is 5.04. The zero-order chi connectivity index (χ0) is 20.0. The maximum absolute atomic E-state index is 13.0. The molecule has 7 heteroatoms. The van der Waals surface area contributed by atoms with Crippen molar-refractivity contribution in [2.75, 3.05) is 0 Å². The van der Waals surface area contributed by atoms with Gasteiger partial charge in [0.05, 0.1) is 10.2 Å². The SMILES string of the molecule is CCc1nn(CC(=O)N[C@@H]2CCC[C@@H](C)[C@H]2C)c(=O)c2cc3sc(C)cc3n12. The van der Waals surface area contributed by atoms with Crippen LogP contribution in [0.5, 0.6) is 0 Å². The molecular weight excluding hydrogens is 372 g/mol. The summed E-state index contributed by atoms with van der Waals surface area (Å²) in [5.41, 5.74) is 1.42. The van der Waals surface area contributed by atoms with Crippen molar-refractivity contribution in [2.45, 2.75) is 66.0 Å². The van der Waals surface area contributed by atoms with Crippen LogP contribution in [0.4, 0.5) is 0 Å². The van der Waals surface area contributed by atoms with E-state index < -0.39 is 0 Å². The summed E-state index contributed by atoms with van der Waals surface area (Å²) in [5.74, 6) is 1.74. The van der Waals surface area contributed by atoms with E-state index in [4.69, 9.17) is 0 Å². The Morgan fingerprint density at radius 1 is 1.29 bits per heavy atom. The second kappa shape index (κ2) is 7.35. The zero-order valence-corrected chi connectivity index (χ0v) is 17.8. The third kappa shape index (κ3) is 3.26. The quantitative estimate of drug-likeness (QED) is 0.728. The summed E-state index contributed by atoms with van der Waals surface area (Å²) < 4.78 is 4.36. The first-order valence-corrected chi connectivity index (χ1v) is 11.0. The molecule has 0 aromatic carbocycles. The minimum absolute atomic E-state index is 0.0300. The molecule has 3 aromatic heterocycles. The van der Waals surface area contributed by atoms with Crippen LogP contribution in [0.2, 0.25) is 0 Å². The highest BCUT2D eigenvalue weighted by Crippen LogP contribution is 2.30. The van der Waals surface area contributed by atoms with Crippen LogP contribution in [0.3, 0.4) is 0 Å². The van der Waals surface area contributed by atoms with E-state index in [0.29, 0.717) is 23.8 Å². The maximum atomic E-state index is 13.0. The van der Waals surface area contributed by atoms with Crippen LogP contribution in [-0.2, 0) is 17.8 Å². The molecule has 1 aliphatic rings. The number of amides is 1. The van der Waals surface area contributed by atoms with Gasteiger partial charge in [0.15, 0.2) is 0 Å². The van der Waals surface area contributed by atoms with Gasteiger partial charge in [-0.3, -0.25) is 14.0 Å². The molecule has 1 N–H and O–H groups in total. The van der Waals surface area contributed by atoms with Crippen LogP contribution in [0.25, 0.3) is 15.7 Å². The average molecular weight is 401 g/mol. The lowest BCUT2D eigenvalue weighted by atomic mass is 9.78. The maximum Gasteiger partial charge on any atom is 0.291 e. The highest BCUT2D eigenvalue weighted by Gasteiger charge is 2.28. The molecule has 28 heavy (non-hydrogen) atoms. The van der Waals surface area contributed by atoms with E-state index in [1.54, 1.807) is 11.3 Å². The fraction of sp³-hybridized carbons (Fsp3) is 0.571. The van der Waals surface area contributed by atoms with Crippen LogP contribution in [0, 0.1) is 18.8 Å². The summed E-state index contributed by atoms with van der Waals surface area (Å²) in [5, 5.41) is 7.67. The van der Waals surface area contributed by atoms with Gasteiger partial charge in [-0.25, -0.2) is 4.68 Å². The van der Waals surface area contributed by atoms with E-state index >= 15 is 0 Å². The number of thiophene rings is 1. The Balaban J connectivity index is 1.64. The molecule has 3 atom stereocenters. The molecule has 150 valence electrons. The number of hydrogen-bond acceptors (Lipinski definition) is 4. The Morgan fingerprint density at radius 3 is 2.82 bits per heavy atom. The van der Waals surface area contributed by atoms with Gasteiger partial charge in [0, 0.05) is 17.3 Å². The monoisotopic (exact) mass is 400 g/mol. The number of carbonyl (C=O) groups excluding carboxylic acids is 1. The van der Waals surface area contributed by atoms with Gasteiger partial charge in [-0.1, -0.05) is 33.6 Å². The summed E-state index contributed by atoms with van der Waals surface area (Å²) >= 11 is 1.67. The van der Waals surface area contributed by atoms with Crippen molar-refractivity contribution in [2.24, 2.45) is 11.8 Å². The second-order valence-corrected chi connectivity index (χ2v) is 9.43. The molecule has 1 aliphatic carbocycles. The predicted molar refractivity (Wildman–Crippen MR) is 113 cm³/mol. The molecule has 4 rings (SSSR count). The molecule has 0 unspecified atom stereocenters. The van der Waals surface area contributed by atoms with E-state index in [1.165, 1.54) is 16.0 Å². The van der Waals surface area contributed by atoms with Crippen LogP contribution in [0.1, 0.15) is 50.7 Å². The van der Waals surface area contributed by atoms with Gasteiger partial charge in [0.1, 0.15) is 17.9 Å². The minimum Gasteiger partial charge on any atom is -0.351 e. The lowest BCUT2D eigenvalue weighted by Crippen LogP contribution is -2.46. The van der Waals surface area contributed by atoms with Gasteiger partial charge in [-0.15, -0.1) is 11.3 Å². The van der Waals surface area contributed by atoms with Gasteiger partial charge < -0.3 is 5.32 Å². The number of rotatable bonds is 4. The number of carbonyl (C=O) groups is 1. The van der Waals surface area contributed by atoms with Crippen molar-refractivity contribution in [1.29, 1.82) is 0 Å². The summed E-state index contributed by atoms with van der Waals surface area (Å²) in [6.07, 6.45) is 4.05. The zero-order valence-electron chi connectivity index (χ0n) is 17.0. The fourth-order valence-corrected chi connectivity index (χ4v) is 5.37. The third-order valence-electron chi connectivity index (χ3n) is 6.22. The average Bonchev–Trinajstić information content (AvgIpc) is 3.18. The molecule has 3 aromatic rings. The van der Waals surface area contributed by atoms with E-state index in [2.05, 4.69) is 37.3 Å². The molecule has 0 aliphatic heterocycles. The normalized spacial score (nSPS) is 22.8. The summed E-state index contributed by atoms with van der Waals surface area (Å²) in [4.78, 5) is 26.9. The Morgan fingerprint density at radius 2 is 2.07 bits per heavy atom. The minimum atomic E-state index is -0.210. The summed E-state index contributed by atoms with van der Waals surface area (Å²) in [7, 11) is 0. The molecule has 0 radical (unpaired) electrons. The number of fused-ring (bicyclic) bond motifs is 3. The standard InChI is InChI=1S/C21H28N4O2S/c1-5-19-23-24(11-20(26)22-15-8-6-7-12(2)14(15)4)21(27)17-10-18-16(25(17)19)9-13(3)28-18/h9-10,12,14-15H,5-8,11H2,1-4H3,(H,22,26)/t12-,14-,15-/m1/s1. The van der Waals surface area contributed by atoms with E-state index in [1.807, 2.05) is 17.4 Å². The molecule has 0 spiro atoms. The summed E-state index contributed by atoms with van der Waals surface area (Å²) in [6.45, 7) is 8.51. The van der Waals surface area contributed by atoms with Gasteiger partial charge in [-0.05, 0) is 37.3 Å². The first kappa shape index (κ1) is 19.2. The predicted octanol–water partition coefficient (Wildman–Crippen LogP) is 3.52. The molecule has 1 fully saturated rings. The van der Waals surface area contributed by atoms with Crippen LogP contribution in [0.15, 0.2) is 16.9 Å². The van der Waals surface area contributed by atoms with Crippen molar-refractivity contribution in [3.63, 3.8) is 0 Å². The van der Waals surface area contributed by atoms with Crippen molar-refractivity contribution < 1.29 is 4.79 Å². The lowest BCUT2D eigenvalue weighted by Gasteiger charge is -2.34. The van der Waals surface area contributed by atoms with Crippen LogP contribution >= 0.6 is 11.3 Å². The lowest BCUT2D eigenvalue weighted by molar-refractivity contribution is -0.123. The first-order valence-electron chi connectivity index (χ1n) is 10.2. The van der Waals surface area contributed by atoms with Crippen molar-refractivity contribution in [1.82, 2.24) is 19.5 Å². The fourth-order valence-electron chi connectivity index (χ4n) is 4.42. The largest absolute Gasteiger partial charge is 0.351 e. The molecule has 1 saturated carbocycles. The highest BCUT2D eigenvalue weighted by molar-refractivity contribution is 7.19. The Bertz CT molecular complexity index is 1090. The third-order valence-corrected chi connectivity index (χ3v) is 7.21. The Labute approximate surface area is 168 Å². The topological polar surface area (TPSA) is 68.4 Å². The molecule has 6 nitrogen and oxygen atoms in total. The van der Waals surface area contributed by atoms with Crippen LogP contribution in [-0.4, -0.2) is 26.1 Å². The summed E-state index contributed by atoms with van der Waals surface area (Å²) in [6, 6.07) is 4.20. The number of aryl methyl sites for hydroxylation is 2. The van der Waals surface area contributed by atoms with Gasteiger partial charge in [0.25, 0.3) is 5.56 Å². The smallest absolute Gasteiger partial charge is 0.291 e. The van der Waals surface area contributed by atoms with Crippen molar-refractivity contribution in [3.05, 3.63) is 33.2 Å². The number of hydrogen-bond donors (Lipinski definition) is 1. The molecule has 0 bridgehead atoms. The number of aromatic nitrogens is 3. The molecular formula is C21H28N4O2S. The molecule has 1 amide bonds. The Hall–Kier alpha value is -2.15. The number of nitrogens with zero attached hydrogens (tertiary/aromatic N) is 3. The van der Waals surface area contributed by atoms with Crippen molar-refractivity contribution in [3.8, 4) is 0 Å². The second-order valence-electron chi connectivity index (χ2n) is 8.15. The van der Waals surface area contributed by atoms with Gasteiger partial charge in [0.2, 0.25) is 5.91 Å². The van der Waals surface area contributed by atoms with Gasteiger partial charge in [-0.2, -0.15) is 5.10 Å².